The molecule has 5 rings (SSSR count). The number of carbonyl (C=O) groups is 1. The molecule has 1 saturated heterocycles. The molecule has 0 unspecified atom stereocenters. The zero-order valence-electron chi connectivity index (χ0n) is 18.4. The minimum atomic E-state index is -3.08. The molecule has 2 aliphatic heterocycles. The van der Waals surface area contributed by atoms with E-state index in [-0.39, 0.29) is 23.5 Å². The molecular weight excluding hydrogens is 422 g/mol. The van der Waals surface area contributed by atoms with Gasteiger partial charge in [0.2, 0.25) is 0 Å². The summed E-state index contributed by atoms with van der Waals surface area (Å²) in [5.41, 5.74) is 6.92. The van der Waals surface area contributed by atoms with Crippen LogP contribution in [0.5, 0.6) is 0 Å². The number of nitrogens with zero attached hydrogens (tertiary/aromatic N) is 3. The van der Waals surface area contributed by atoms with Gasteiger partial charge in [0.05, 0.1) is 23.2 Å². The molecule has 0 N–H and O–H groups in total. The number of hydrogen-bond acceptors (Lipinski definition) is 4. The van der Waals surface area contributed by atoms with Gasteiger partial charge in [-0.15, -0.1) is 0 Å². The van der Waals surface area contributed by atoms with Crippen molar-refractivity contribution in [3.63, 3.8) is 0 Å². The molecule has 2 aliphatic rings. The highest BCUT2D eigenvalue weighted by Gasteiger charge is 2.33. The number of amides is 1. The van der Waals surface area contributed by atoms with Crippen LogP contribution in [0.25, 0.3) is 11.3 Å². The Labute approximate surface area is 188 Å². The molecule has 0 bridgehead atoms. The Hall–Kier alpha value is -2.93. The largest absolute Gasteiger partial charge is 0.333 e. The number of aromatic nitrogens is 2. The first-order valence-corrected chi connectivity index (χ1v) is 12.9. The Morgan fingerprint density at radius 2 is 1.81 bits per heavy atom. The van der Waals surface area contributed by atoms with Crippen LogP contribution in [0.3, 0.4) is 0 Å². The van der Waals surface area contributed by atoms with E-state index in [9.17, 15) is 13.2 Å². The maximum atomic E-state index is 13.4. The average molecular weight is 450 g/mol. The van der Waals surface area contributed by atoms with Crippen LogP contribution in [0, 0.1) is 13.8 Å². The molecule has 1 fully saturated rings. The van der Waals surface area contributed by atoms with E-state index < -0.39 is 9.84 Å². The van der Waals surface area contributed by atoms with Crippen molar-refractivity contribution in [2.45, 2.75) is 39.3 Å². The fourth-order valence-electron chi connectivity index (χ4n) is 4.69. The topological polar surface area (TPSA) is 72.3 Å². The van der Waals surface area contributed by atoms with E-state index in [1.807, 2.05) is 29.2 Å². The van der Waals surface area contributed by atoms with Gasteiger partial charge < -0.3 is 4.90 Å². The highest BCUT2D eigenvalue weighted by molar-refractivity contribution is 7.91. The highest BCUT2D eigenvalue weighted by Crippen LogP contribution is 2.31. The number of aryl methyl sites for hydroxylation is 2. The summed E-state index contributed by atoms with van der Waals surface area (Å²) >= 11 is 0. The van der Waals surface area contributed by atoms with Gasteiger partial charge in [0.1, 0.15) is 0 Å². The normalized spacial score (nSPS) is 19.7. The second-order valence-electron chi connectivity index (χ2n) is 8.96. The van der Waals surface area contributed by atoms with Crippen LogP contribution in [0.4, 0.5) is 0 Å². The second-order valence-corrected chi connectivity index (χ2v) is 11.2. The highest BCUT2D eigenvalue weighted by atomic mass is 32.2. The molecule has 0 radical (unpaired) electrons. The van der Waals surface area contributed by atoms with Crippen molar-refractivity contribution in [3.8, 4) is 11.3 Å². The third-order valence-corrected chi connectivity index (χ3v) is 8.48. The van der Waals surface area contributed by atoms with Gasteiger partial charge >= 0.3 is 0 Å². The first-order valence-electron chi connectivity index (χ1n) is 11.0. The molecule has 2 aromatic carbocycles. The van der Waals surface area contributed by atoms with Gasteiger partial charge in [-0.2, -0.15) is 5.10 Å². The molecule has 6 nitrogen and oxygen atoms in total. The number of benzene rings is 2. The lowest BCUT2D eigenvalue weighted by molar-refractivity contribution is 0.0727. The standard InChI is InChI=1S/C25H27N3O3S/c1-17-7-8-20(13-18(17)2)24-14-23(26-28(24)22-10-12-32(30,31)16-22)25(29)27-11-9-19-5-3-4-6-21(19)15-27/h3-8,13-14,22H,9-12,15-16H2,1-2H3/t22-/m1/s1. The molecule has 7 heteroatoms. The van der Waals surface area contributed by atoms with Crippen LogP contribution in [0.15, 0.2) is 48.5 Å². The molecule has 32 heavy (non-hydrogen) atoms. The van der Waals surface area contributed by atoms with Gasteiger partial charge in [-0.3, -0.25) is 9.48 Å². The number of hydrogen-bond donors (Lipinski definition) is 0. The van der Waals surface area contributed by atoms with Crippen molar-refractivity contribution in [1.29, 1.82) is 0 Å². The molecule has 1 atom stereocenters. The third-order valence-electron chi connectivity index (χ3n) is 6.73. The van der Waals surface area contributed by atoms with Crippen molar-refractivity contribution in [2.24, 2.45) is 0 Å². The zero-order valence-corrected chi connectivity index (χ0v) is 19.2. The Bertz CT molecular complexity index is 1310. The van der Waals surface area contributed by atoms with Gasteiger partial charge in [0.15, 0.2) is 15.5 Å². The van der Waals surface area contributed by atoms with Gasteiger partial charge in [-0.25, -0.2) is 8.42 Å². The number of sulfone groups is 1. The Balaban J connectivity index is 1.52. The quantitative estimate of drug-likeness (QED) is 0.611. The molecule has 0 saturated carbocycles. The fraction of sp³-hybridized carbons (Fsp3) is 0.360. The Kier molecular flexibility index (Phi) is 5.16. The molecule has 1 aromatic heterocycles. The summed E-state index contributed by atoms with van der Waals surface area (Å²) in [6, 6.07) is 15.9. The third kappa shape index (κ3) is 3.86. The van der Waals surface area contributed by atoms with Crippen molar-refractivity contribution in [2.75, 3.05) is 18.1 Å². The molecule has 166 valence electrons. The predicted octanol–water partition coefficient (Wildman–Crippen LogP) is 3.73. The van der Waals surface area contributed by atoms with E-state index in [4.69, 9.17) is 0 Å². The Morgan fingerprint density at radius 3 is 2.53 bits per heavy atom. The summed E-state index contributed by atoms with van der Waals surface area (Å²) in [6.45, 7) is 5.33. The lowest BCUT2D eigenvalue weighted by Gasteiger charge is -2.28. The number of rotatable bonds is 3. The van der Waals surface area contributed by atoms with Crippen molar-refractivity contribution in [1.82, 2.24) is 14.7 Å². The minimum absolute atomic E-state index is 0.0667. The lowest BCUT2D eigenvalue weighted by atomic mass is 9.99. The molecule has 0 spiro atoms. The van der Waals surface area contributed by atoms with Crippen molar-refractivity contribution >= 4 is 15.7 Å². The van der Waals surface area contributed by atoms with E-state index in [1.165, 1.54) is 16.7 Å². The van der Waals surface area contributed by atoms with E-state index in [2.05, 4.69) is 43.2 Å². The Morgan fingerprint density at radius 1 is 1.03 bits per heavy atom. The smallest absolute Gasteiger partial charge is 0.274 e. The van der Waals surface area contributed by atoms with Crippen LogP contribution in [0.1, 0.15) is 45.2 Å². The lowest BCUT2D eigenvalue weighted by Crippen LogP contribution is -2.36. The number of carbonyl (C=O) groups excluding carboxylic acids is 1. The predicted molar refractivity (Wildman–Crippen MR) is 124 cm³/mol. The van der Waals surface area contributed by atoms with Crippen molar-refractivity contribution in [3.05, 3.63) is 76.5 Å². The first kappa shape index (κ1) is 20.9. The molecular formula is C25H27N3O3S. The molecule has 1 amide bonds. The maximum absolute atomic E-state index is 13.4. The molecule has 0 aliphatic carbocycles. The van der Waals surface area contributed by atoms with E-state index >= 15 is 0 Å². The average Bonchev–Trinajstić information content (AvgIpc) is 3.38. The maximum Gasteiger partial charge on any atom is 0.274 e. The van der Waals surface area contributed by atoms with Crippen molar-refractivity contribution < 1.29 is 13.2 Å². The van der Waals surface area contributed by atoms with Crippen LogP contribution < -0.4 is 0 Å². The summed E-state index contributed by atoms with van der Waals surface area (Å²) in [5, 5.41) is 4.68. The fourth-order valence-corrected chi connectivity index (χ4v) is 6.38. The van der Waals surface area contributed by atoms with Crippen LogP contribution in [-0.4, -0.2) is 47.1 Å². The SMILES string of the molecule is Cc1ccc(-c2cc(C(=O)N3CCc4ccccc4C3)nn2[C@@H]2CCS(=O)(=O)C2)cc1C. The van der Waals surface area contributed by atoms with E-state index in [0.29, 0.717) is 25.2 Å². The van der Waals surface area contributed by atoms with Gasteiger partial charge in [-0.05, 0) is 61.1 Å². The van der Waals surface area contributed by atoms with Gasteiger partial charge in [0.25, 0.3) is 5.91 Å². The van der Waals surface area contributed by atoms with Crippen LogP contribution in [-0.2, 0) is 22.8 Å². The minimum Gasteiger partial charge on any atom is -0.333 e. The zero-order chi connectivity index (χ0) is 22.5. The van der Waals surface area contributed by atoms with E-state index in [1.54, 1.807) is 4.68 Å². The second kappa shape index (κ2) is 7.89. The first-order chi connectivity index (χ1) is 15.3. The van der Waals surface area contributed by atoms with Gasteiger partial charge in [0, 0.05) is 18.7 Å². The summed E-state index contributed by atoms with van der Waals surface area (Å²) in [6.07, 6.45) is 1.35. The summed E-state index contributed by atoms with van der Waals surface area (Å²) in [4.78, 5) is 15.2. The molecule has 3 heterocycles. The van der Waals surface area contributed by atoms with E-state index in [0.717, 1.165) is 23.2 Å². The molecule has 3 aromatic rings. The summed E-state index contributed by atoms with van der Waals surface area (Å²) < 4.78 is 26.1. The van der Waals surface area contributed by atoms with Crippen LogP contribution >= 0.6 is 0 Å². The monoisotopic (exact) mass is 449 g/mol. The van der Waals surface area contributed by atoms with Crippen LogP contribution in [0.2, 0.25) is 0 Å². The number of fused-ring (bicyclic) bond motifs is 1. The summed E-state index contributed by atoms with van der Waals surface area (Å²) in [5.74, 6) is 0.122. The summed E-state index contributed by atoms with van der Waals surface area (Å²) in [7, 11) is -3.08. The van der Waals surface area contributed by atoms with Gasteiger partial charge in [-0.1, -0.05) is 36.4 Å².